The van der Waals surface area contributed by atoms with Gasteiger partial charge in [0.05, 0.1) is 13.0 Å². The number of hydrogen-bond acceptors (Lipinski definition) is 6. The number of rotatable bonds is 4. The van der Waals surface area contributed by atoms with Crippen molar-refractivity contribution in [3.05, 3.63) is 81.9 Å². The molecule has 0 saturated heterocycles. The zero-order valence-electron chi connectivity index (χ0n) is 18.2. The van der Waals surface area contributed by atoms with Crippen LogP contribution < -0.4 is 20.1 Å². The summed E-state index contributed by atoms with van der Waals surface area (Å²) >= 11 is 0. The molecule has 0 fully saturated rings. The van der Waals surface area contributed by atoms with E-state index in [9.17, 15) is 5.26 Å². The molecule has 0 amide bonds. The van der Waals surface area contributed by atoms with Crippen LogP contribution in [0, 0.1) is 18.3 Å². The first-order valence-corrected chi connectivity index (χ1v) is 10.7. The van der Waals surface area contributed by atoms with E-state index in [1.165, 1.54) is 11.3 Å². The molecule has 3 heterocycles. The summed E-state index contributed by atoms with van der Waals surface area (Å²) < 4.78 is 11.3. The average Bonchev–Trinajstić information content (AvgIpc) is 3.18. The fourth-order valence-corrected chi connectivity index (χ4v) is 4.82. The van der Waals surface area contributed by atoms with E-state index in [4.69, 9.17) is 15.2 Å². The van der Waals surface area contributed by atoms with Crippen LogP contribution in [0.2, 0.25) is 0 Å². The molecule has 0 spiro atoms. The second-order valence-corrected chi connectivity index (χ2v) is 8.22. The summed E-state index contributed by atoms with van der Waals surface area (Å²) in [6.45, 7) is 3.63. The normalized spacial score (nSPS) is 17.3. The van der Waals surface area contributed by atoms with Crippen LogP contribution in [-0.4, -0.2) is 23.9 Å². The Hall–Kier alpha value is -3.92. The van der Waals surface area contributed by atoms with Gasteiger partial charge in [-0.05, 0) is 49.1 Å². The summed E-state index contributed by atoms with van der Waals surface area (Å²) in [6.07, 6.45) is 2.22. The van der Waals surface area contributed by atoms with E-state index < -0.39 is 0 Å². The Morgan fingerprint density at radius 1 is 1.31 bits per heavy atom. The van der Waals surface area contributed by atoms with E-state index in [-0.39, 0.29) is 11.8 Å². The largest absolute Gasteiger partial charge is 0.496 e. The maximum absolute atomic E-state index is 9.86. The molecule has 7 nitrogen and oxygen atoms in total. The van der Waals surface area contributed by atoms with Crippen molar-refractivity contribution in [1.29, 1.82) is 5.26 Å². The SMILES string of the molecule is COc1ccc([C@H]2C(C#N)=C(N)Oc3n[nH]c(C)c32)cc1CN1CCCc2ccccc21. The lowest BCUT2D eigenvalue weighted by Gasteiger charge is -2.32. The number of aromatic nitrogens is 2. The number of aryl methyl sites for hydroxylation is 2. The number of ether oxygens (including phenoxy) is 2. The van der Waals surface area contributed by atoms with Gasteiger partial charge < -0.3 is 20.1 Å². The molecule has 162 valence electrons. The second-order valence-electron chi connectivity index (χ2n) is 8.22. The summed E-state index contributed by atoms with van der Waals surface area (Å²) in [5.74, 6) is 0.995. The minimum absolute atomic E-state index is 0.0961. The number of anilines is 1. The number of H-pyrrole nitrogens is 1. The van der Waals surface area contributed by atoms with E-state index in [2.05, 4.69) is 51.5 Å². The summed E-state index contributed by atoms with van der Waals surface area (Å²) in [5.41, 5.74) is 12.8. The van der Waals surface area contributed by atoms with E-state index in [1.54, 1.807) is 7.11 Å². The van der Waals surface area contributed by atoms with Gasteiger partial charge in [-0.2, -0.15) is 5.26 Å². The molecule has 3 N–H and O–H groups in total. The van der Waals surface area contributed by atoms with Gasteiger partial charge in [0.15, 0.2) is 0 Å². The van der Waals surface area contributed by atoms with Crippen molar-refractivity contribution >= 4 is 5.69 Å². The van der Waals surface area contributed by atoms with Crippen molar-refractivity contribution in [2.45, 2.75) is 32.2 Å². The van der Waals surface area contributed by atoms with Gasteiger partial charge in [0.2, 0.25) is 11.8 Å². The van der Waals surface area contributed by atoms with Crippen LogP contribution in [0.5, 0.6) is 11.6 Å². The van der Waals surface area contributed by atoms with Crippen molar-refractivity contribution in [2.75, 3.05) is 18.6 Å². The first-order chi connectivity index (χ1) is 15.6. The molecule has 2 aliphatic heterocycles. The Morgan fingerprint density at radius 2 is 2.16 bits per heavy atom. The van der Waals surface area contributed by atoms with Crippen LogP contribution in [0.3, 0.4) is 0 Å². The lowest BCUT2D eigenvalue weighted by Crippen LogP contribution is -2.29. The van der Waals surface area contributed by atoms with E-state index in [1.807, 2.05) is 19.1 Å². The van der Waals surface area contributed by atoms with Gasteiger partial charge in [0, 0.05) is 35.6 Å². The molecule has 32 heavy (non-hydrogen) atoms. The third-order valence-electron chi connectivity index (χ3n) is 6.33. The summed E-state index contributed by atoms with van der Waals surface area (Å²) in [5, 5.41) is 17.0. The highest BCUT2D eigenvalue weighted by molar-refractivity contribution is 5.59. The van der Waals surface area contributed by atoms with Crippen molar-refractivity contribution in [3.63, 3.8) is 0 Å². The highest BCUT2D eigenvalue weighted by Crippen LogP contribution is 2.43. The monoisotopic (exact) mass is 427 g/mol. The quantitative estimate of drug-likeness (QED) is 0.655. The van der Waals surface area contributed by atoms with Crippen molar-refractivity contribution in [3.8, 4) is 17.7 Å². The number of aromatic amines is 1. The number of nitrogens with one attached hydrogen (secondary N) is 1. The average molecular weight is 428 g/mol. The molecule has 7 heteroatoms. The molecule has 0 bridgehead atoms. The van der Waals surface area contributed by atoms with Crippen LogP contribution >= 0.6 is 0 Å². The topological polar surface area (TPSA) is 100 Å². The third kappa shape index (κ3) is 3.25. The predicted molar refractivity (Wildman–Crippen MR) is 121 cm³/mol. The Labute approximate surface area is 187 Å². The van der Waals surface area contributed by atoms with Crippen molar-refractivity contribution < 1.29 is 9.47 Å². The van der Waals surface area contributed by atoms with Gasteiger partial charge >= 0.3 is 0 Å². The number of nitriles is 1. The zero-order valence-corrected chi connectivity index (χ0v) is 18.2. The molecule has 0 unspecified atom stereocenters. The smallest absolute Gasteiger partial charge is 0.244 e. The van der Waals surface area contributed by atoms with Crippen LogP contribution in [0.15, 0.2) is 53.9 Å². The second kappa shape index (κ2) is 7.97. The maximum Gasteiger partial charge on any atom is 0.244 e. The first kappa shape index (κ1) is 20.0. The fraction of sp³-hybridized carbons (Fsp3) is 0.280. The highest BCUT2D eigenvalue weighted by atomic mass is 16.5. The van der Waals surface area contributed by atoms with Gasteiger partial charge in [0.25, 0.3) is 0 Å². The Morgan fingerprint density at radius 3 is 2.97 bits per heavy atom. The van der Waals surface area contributed by atoms with Gasteiger partial charge in [-0.25, -0.2) is 0 Å². The van der Waals surface area contributed by atoms with Crippen molar-refractivity contribution in [2.24, 2.45) is 5.73 Å². The molecule has 0 radical (unpaired) electrons. The molecule has 1 aromatic heterocycles. The number of nitrogens with zero attached hydrogens (tertiary/aromatic N) is 3. The molecule has 0 saturated carbocycles. The first-order valence-electron chi connectivity index (χ1n) is 10.7. The van der Waals surface area contributed by atoms with Crippen LogP contribution in [0.4, 0.5) is 5.69 Å². The number of benzene rings is 2. The molecule has 2 aromatic carbocycles. The third-order valence-corrected chi connectivity index (χ3v) is 6.33. The van der Waals surface area contributed by atoms with Crippen LogP contribution in [-0.2, 0) is 13.0 Å². The molecule has 1 atom stereocenters. The van der Waals surface area contributed by atoms with Gasteiger partial charge in [0.1, 0.15) is 17.4 Å². The summed E-state index contributed by atoms with van der Waals surface area (Å²) in [4.78, 5) is 2.40. The minimum Gasteiger partial charge on any atom is -0.496 e. The van der Waals surface area contributed by atoms with E-state index >= 15 is 0 Å². The molecule has 2 aliphatic rings. The lowest BCUT2D eigenvalue weighted by molar-refractivity contribution is 0.378. The van der Waals surface area contributed by atoms with Crippen LogP contribution in [0.25, 0.3) is 0 Å². The van der Waals surface area contributed by atoms with Gasteiger partial charge in [-0.15, -0.1) is 5.10 Å². The predicted octanol–water partition coefficient (Wildman–Crippen LogP) is 3.90. The summed E-state index contributed by atoms with van der Waals surface area (Å²) in [6, 6.07) is 16.9. The standard InChI is InChI=1S/C25H25N5O2/c1-15-22-23(19(13-26)24(27)32-25(22)29-28-15)17-9-10-21(31-2)18(12-17)14-30-11-5-7-16-6-3-4-8-20(16)30/h3-4,6,8-10,12,23H,5,7,11,14,27H2,1-2H3,(H,28,29)/t23-/m0/s1. The van der Waals surface area contributed by atoms with E-state index in [0.29, 0.717) is 11.5 Å². The minimum atomic E-state index is -0.346. The summed E-state index contributed by atoms with van der Waals surface area (Å²) in [7, 11) is 1.69. The Balaban J connectivity index is 1.58. The van der Waals surface area contributed by atoms with Crippen molar-refractivity contribution in [1.82, 2.24) is 10.2 Å². The number of allylic oxidation sites excluding steroid dienone is 1. The molecular weight excluding hydrogens is 402 g/mol. The number of para-hydroxylation sites is 1. The Kier molecular flexibility index (Phi) is 4.98. The number of nitrogens with two attached hydrogens (primary N) is 1. The maximum atomic E-state index is 9.86. The fourth-order valence-electron chi connectivity index (χ4n) is 4.82. The number of methoxy groups -OCH3 is 1. The number of hydrogen-bond donors (Lipinski definition) is 2. The van der Waals surface area contributed by atoms with E-state index in [0.717, 1.165) is 54.1 Å². The molecule has 0 aliphatic carbocycles. The zero-order chi connectivity index (χ0) is 22.2. The lowest BCUT2D eigenvalue weighted by atomic mass is 9.83. The molecule has 3 aromatic rings. The van der Waals surface area contributed by atoms with Crippen LogP contribution in [0.1, 0.15) is 40.3 Å². The number of fused-ring (bicyclic) bond motifs is 2. The van der Waals surface area contributed by atoms with Gasteiger partial charge in [-0.1, -0.05) is 24.3 Å². The molecular formula is C25H25N5O2. The van der Waals surface area contributed by atoms with Gasteiger partial charge in [-0.3, -0.25) is 5.10 Å². The Bertz CT molecular complexity index is 1250. The molecule has 5 rings (SSSR count). The highest BCUT2D eigenvalue weighted by Gasteiger charge is 2.34.